The minimum atomic E-state index is -0.307. The van der Waals surface area contributed by atoms with Crippen molar-refractivity contribution in [2.24, 2.45) is 5.41 Å². The van der Waals surface area contributed by atoms with Crippen molar-refractivity contribution >= 4 is 17.6 Å². The predicted molar refractivity (Wildman–Crippen MR) is 73.7 cm³/mol. The van der Waals surface area contributed by atoms with Crippen molar-refractivity contribution in [2.75, 3.05) is 11.5 Å². The molecule has 2 amide bonds. The molecule has 1 N–H and O–H groups in total. The first-order valence-corrected chi connectivity index (χ1v) is 6.34. The number of piperidine rings is 1. The molecule has 1 aromatic rings. The van der Waals surface area contributed by atoms with Crippen LogP contribution in [-0.2, 0) is 9.59 Å². The summed E-state index contributed by atoms with van der Waals surface area (Å²) in [5, 5.41) is 8.68. The van der Waals surface area contributed by atoms with E-state index in [1.165, 1.54) is 6.20 Å². The van der Waals surface area contributed by atoms with Gasteiger partial charge in [-0.25, -0.2) is 9.88 Å². The SMILES string of the molecule is CC1(C)CC(=O)N(c2cc(C#CCO)ccn2)C(=O)C1. The zero-order chi connectivity index (χ0) is 14.8. The van der Waals surface area contributed by atoms with Crippen LogP contribution in [0.15, 0.2) is 18.3 Å². The number of hydrogen-bond donors (Lipinski definition) is 1. The highest BCUT2D eigenvalue weighted by atomic mass is 16.2. The highest BCUT2D eigenvalue weighted by molar-refractivity contribution is 6.16. The molecular formula is C15H16N2O3. The summed E-state index contributed by atoms with van der Waals surface area (Å²) in [5.41, 5.74) is 0.299. The van der Waals surface area contributed by atoms with Crippen LogP contribution >= 0.6 is 0 Å². The van der Waals surface area contributed by atoms with Crippen molar-refractivity contribution in [3.05, 3.63) is 23.9 Å². The Morgan fingerprint density at radius 1 is 1.35 bits per heavy atom. The first-order valence-electron chi connectivity index (χ1n) is 6.34. The molecule has 1 aromatic heterocycles. The number of amides is 2. The molecule has 0 spiro atoms. The summed E-state index contributed by atoms with van der Waals surface area (Å²) in [6.07, 6.45) is 2.12. The van der Waals surface area contributed by atoms with Gasteiger partial charge in [0.1, 0.15) is 12.4 Å². The lowest BCUT2D eigenvalue weighted by Gasteiger charge is -2.34. The first kappa shape index (κ1) is 14.2. The van der Waals surface area contributed by atoms with E-state index in [-0.39, 0.29) is 23.8 Å². The van der Waals surface area contributed by atoms with Gasteiger partial charge < -0.3 is 5.11 Å². The van der Waals surface area contributed by atoms with E-state index in [1.807, 2.05) is 13.8 Å². The van der Waals surface area contributed by atoms with Gasteiger partial charge in [0.25, 0.3) is 0 Å². The quantitative estimate of drug-likeness (QED) is 0.614. The molecule has 1 fully saturated rings. The maximum Gasteiger partial charge on any atom is 0.235 e. The van der Waals surface area contributed by atoms with Crippen LogP contribution in [0.1, 0.15) is 32.3 Å². The number of aromatic nitrogens is 1. The van der Waals surface area contributed by atoms with Gasteiger partial charge in [-0.2, -0.15) is 0 Å². The van der Waals surface area contributed by atoms with Crippen LogP contribution in [0.3, 0.4) is 0 Å². The summed E-state index contributed by atoms with van der Waals surface area (Å²) >= 11 is 0. The standard InChI is InChI=1S/C15H16N2O3/c1-15(2)9-13(19)17(14(20)10-15)12-8-11(4-3-7-18)5-6-16-12/h5-6,8,18H,7,9-10H2,1-2H3. The van der Waals surface area contributed by atoms with Crippen molar-refractivity contribution in [1.29, 1.82) is 0 Å². The van der Waals surface area contributed by atoms with Crippen LogP contribution in [-0.4, -0.2) is 28.5 Å². The fourth-order valence-electron chi connectivity index (χ4n) is 2.19. The fourth-order valence-corrected chi connectivity index (χ4v) is 2.19. The third-order valence-electron chi connectivity index (χ3n) is 3.04. The van der Waals surface area contributed by atoms with Crippen molar-refractivity contribution < 1.29 is 14.7 Å². The molecule has 0 unspecified atom stereocenters. The maximum absolute atomic E-state index is 12.1. The second-order valence-corrected chi connectivity index (χ2v) is 5.50. The van der Waals surface area contributed by atoms with Crippen LogP contribution < -0.4 is 4.90 Å². The van der Waals surface area contributed by atoms with Gasteiger partial charge in [-0.1, -0.05) is 25.7 Å². The number of carbonyl (C=O) groups is 2. The fraction of sp³-hybridized carbons (Fsp3) is 0.400. The number of anilines is 1. The van der Waals surface area contributed by atoms with E-state index in [4.69, 9.17) is 5.11 Å². The monoisotopic (exact) mass is 272 g/mol. The summed E-state index contributed by atoms with van der Waals surface area (Å²) in [5.74, 6) is 5.05. The highest BCUT2D eigenvalue weighted by Gasteiger charge is 2.38. The molecule has 1 aliphatic rings. The molecule has 0 bridgehead atoms. The second kappa shape index (κ2) is 5.43. The van der Waals surface area contributed by atoms with Crippen LogP contribution in [0.4, 0.5) is 5.82 Å². The number of nitrogens with zero attached hydrogens (tertiary/aromatic N) is 2. The normalized spacial score (nSPS) is 17.6. The molecule has 5 nitrogen and oxygen atoms in total. The summed E-state index contributed by atoms with van der Waals surface area (Å²) in [7, 11) is 0. The summed E-state index contributed by atoms with van der Waals surface area (Å²) in [6, 6.07) is 3.24. The highest BCUT2D eigenvalue weighted by Crippen LogP contribution is 2.33. The van der Waals surface area contributed by atoms with Crippen molar-refractivity contribution in [1.82, 2.24) is 4.98 Å². The van der Waals surface area contributed by atoms with Gasteiger partial charge in [0, 0.05) is 24.6 Å². The Hall–Kier alpha value is -2.19. The van der Waals surface area contributed by atoms with Crippen molar-refractivity contribution in [2.45, 2.75) is 26.7 Å². The maximum atomic E-state index is 12.1. The molecule has 1 saturated heterocycles. The molecule has 104 valence electrons. The third kappa shape index (κ3) is 3.03. The molecule has 0 radical (unpaired) electrons. The largest absolute Gasteiger partial charge is 0.384 e. The predicted octanol–water partition coefficient (Wildman–Crippen LogP) is 1.10. The van der Waals surface area contributed by atoms with Gasteiger partial charge in [-0.3, -0.25) is 9.59 Å². The molecule has 0 aromatic carbocycles. The smallest absolute Gasteiger partial charge is 0.235 e. The zero-order valence-electron chi connectivity index (χ0n) is 11.5. The molecule has 0 atom stereocenters. The summed E-state index contributed by atoms with van der Waals surface area (Å²) in [6.45, 7) is 3.56. The number of aliphatic hydroxyl groups is 1. The van der Waals surface area contributed by atoms with Gasteiger partial charge in [0.15, 0.2) is 0 Å². The summed E-state index contributed by atoms with van der Waals surface area (Å²) < 4.78 is 0. The van der Waals surface area contributed by atoms with Crippen molar-refractivity contribution in [3.63, 3.8) is 0 Å². The van der Waals surface area contributed by atoms with E-state index < -0.39 is 0 Å². The Bertz CT molecular complexity index is 591. The molecule has 20 heavy (non-hydrogen) atoms. The Labute approximate surface area is 117 Å². The molecule has 2 heterocycles. The lowest BCUT2D eigenvalue weighted by Crippen LogP contribution is -2.46. The van der Waals surface area contributed by atoms with Crippen LogP contribution in [0.5, 0.6) is 0 Å². The zero-order valence-corrected chi connectivity index (χ0v) is 11.5. The molecular weight excluding hydrogens is 256 g/mol. The van der Waals surface area contributed by atoms with Crippen LogP contribution in [0.25, 0.3) is 0 Å². The minimum absolute atomic E-state index is 0.243. The Morgan fingerprint density at radius 2 is 2.00 bits per heavy atom. The molecule has 5 heteroatoms. The first-order chi connectivity index (χ1) is 9.43. The average molecular weight is 272 g/mol. The van der Waals surface area contributed by atoms with E-state index in [0.717, 1.165) is 4.90 Å². The van der Waals surface area contributed by atoms with Crippen LogP contribution in [0, 0.1) is 17.3 Å². The van der Waals surface area contributed by atoms with E-state index in [2.05, 4.69) is 16.8 Å². The van der Waals surface area contributed by atoms with Gasteiger partial charge in [-0.05, 0) is 17.5 Å². The topological polar surface area (TPSA) is 70.5 Å². The van der Waals surface area contributed by atoms with Gasteiger partial charge >= 0.3 is 0 Å². The van der Waals surface area contributed by atoms with E-state index >= 15 is 0 Å². The third-order valence-corrected chi connectivity index (χ3v) is 3.04. The summed E-state index contributed by atoms with van der Waals surface area (Å²) in [4.78, 5) is 29.5. The molecule has 1 aliphatic heterocycles. The molecule has 0 saturated carbocycles. The lowest BCUT2D eigenvalue weighted by atomic mass is 9.82. The number of imide groups is 1. The number of aliphatic hydroxyl groups excluding tert-OH is 1. The number of rotatable bonds is 1. The van der Waals surface area contributed by atoms with E-state index in [0.29, 0.717) is 24.2 Å². The Balaban J connectivity index is 2.32. The average Bonchev–Trinajstić information content (AvgIpc) is 2.34. The number of carbonyl (C=O) groups excluding carboxylic acids is 2. The van der Waals surface area contributed by atoms with Gasteiger partial charge in [-0.15, -0.1) is 0 Å². The Morgan fingerprint density at radius 3 is 2.60 bits per heavy atom. The van der Waals surface area contributed by atoms with Gasteiger partial charge in [0.2, 0.25) is 11.8 Å². The Kier molecular flexibility index (Phi) is 3.86. The van der Waals surface area contributed by atoms with Crippen molar-refractivity contribution in [3.8, 4) is 11.8 Å². The lowest BCUT2D eigenvalue weighted by molar-refractivity contribution is -0.132. The van der Waals surface area contributed by atoms with E-state index in [9.17, 15) is 9.59 Å². The molecule has 2 rings (SSSR count). The minimum Gasteiger partial charge on any atom is -0.384 e. The molecule has 0 aliphatic carbocycles. The van der Waals surface area contributed by atoms with Crippen LogP contribution in [0.2, 0.25) is 0 Å². The number of pyridine rings is 1. The van der Waals surface area contributed by atoms with E-state index in [1.54, 1.807) is 12.1 Å². The number of hydrogen-bond acceptors (Lipinski definition) is 4. The van der Waals surface area contributed by atoms with Gasteiger partial charge in [0.05, 0.1) is 0 Å². The second-order valence-electron chi connectivity index (χ2n) is 5.50.